The van der Waals surface area contributed by atoms with Gasteiger partial charge in [0, 0.05) is 19.7 Å². The van der Waals surface area contributed by atoms with Crippen LogP contribution in [0.5, 0.6) is 5.75 Å². The molecule has 0 fully saturated rings. The fourth-order valence-corrected chi connectivity index (χ4v) is 8.49. The van der Waals surface area contributed by atoms with E-state index in [4.69, 9.17) is 24.3 Å². The summed E-state index contributed by atoms with van der Waals surface area (Å²) in [4.78, 5) is 25.2. The van der Waals surface area contributed by atoms with Gasteiger partial charge in [0.05, 0.1) is 25.1 Å². The van der Waals surface area contributed by atoms with Gasteiger partial charge in [-0.3, -0.25) is 9.32 Å². The molecule has 0 radical (unpaired) electrons. The highest BCUT2D eigenvalue weighted by Crippen LogP contribution is 2.46. The van der Waals surface area contributed by atoms with Crippen LogP contribution in [0.3, 0.4) is 0 Å². The Bertz CT molecular complexity index is 1900. The Balaban J connectivity index is 1.33. The van der Waals surface area contributed by atoms with E-state index in [0.29, 0.717) is 6.42 Å². The number of para-hydroxylation sites is 1. The molecule has 3 N–H and O–H groups in total. The zero-order valence-electron chi connectivity index (χ0n) is 35.5. The average molecular weight is 861 g/mol. The SMILES string of the molecule is CCCCCCCCCCCCCCCCCCOC(=O)[C@H](Cc1cc(F)cc(F)c1)NP(=O)(OC[C@](C)(CCn1cnc2c(N)nc(F)nc21)OC)Oc1ccccc1. The maximum absolute atomic E-state index is 14.6. The second-order valence-corrected chi connectivity index (χ2v) is 17.4. The van der Waals surface area contributed by atoms with Crippen LogP contribution < -0.4 is 15.3 Å². The molecule has 0 saturated carbocycles. The number of benzene rings is 2. The highest BCUT2D eigenvalue weighted by atomic mass is 31.2. The first-order chi connectivity index (χ1) is 28.9. The highest BCUT2D eigenvalue weighted by Gasteiger charge is 2.38. The third kappa shape index (κ3) is 17.1. The Labute approximate surface area is 353 Å². The summed E-state index contributed by atoms with van der Waals surface area (Å²) in [5.41, 5.74) is 5.26. The summed E-state index contributed by atoms with van der Waals surface area (Å²) >= 11 is 0. The smallest absolute Gasteiger partial charge is 0.459 e. The first-order valence-corrected chi connectivity index (χ1v) is 23.0. The van der Waals surface area contributed by atoms with Crippen molar-refractivity contribution in [3.05, 3.63) is 78.1 Å². The molecule has 0 aliphatic heterocycles. The molecule has 60 heavy (non-hydrogen) atoms. The summed E-state index contributed by atoms with van der Waals surface area (Å²) in [6, 6.07) is 9.76. The van der Waals surface area contributed by atoms with Gasteiger partial charge in [-0.1, -0.05) is 121 Å². The summed E-state index contributed by atoms with van der Waals surface area (Å²) in [6.07, 6.45) is 19.7. The second kappa shape index (κ2) is 25.7. The van der Waals surface area contributed by atoms with Gasteiger partial charge in [0.1, 0.15) is 28.9 Å². The number of carbonyl (C=O) groups is 1. The molecular formula is C44H64F3N6O6P. The number of imidazole rings is 1. The lowest BCUT2D eigenvalue weighted by Crippen LogP contribution is -2.41. The van der Waals surface area contributed by atoms with Crippen molar-refractivity contribution in [1.29, 1.82) is 0 Å². The quantitative estimate of drug-likeness (QED) is 0.0215. The molecule has 2 aromatic carbocycles. The zero-order valence-corrected chi connectivity index (χ0v) is 36.4. The minimum atomic E-state index is -4.46. The van der Waals surface area contributed by atoms with Crippen molar-refractivity contribution in [2.24, 2.45) is 0 Å². The van der Waals surface area contributed by atoms with Crippen molar-refractivity contribution >= 4 is 30.7 Å². The number of nitrogen functional groups attached to an aromatic ring is 1. The van der Waals surface area contributed by atoms with Crippen LogP contribution in [0.1, 0.15) is 129 Å². The number of halogens is 3. The number of ether oxygens (including phenoxy) is 2. The number of aromatic nitrogens is 4. The Hall–Kier alpha value is -4.04. The van der Waals surface area contributed by atoms with E-state index in [-0.39, 0.29) is 60.9 Å². The first-order valence-electron chi connectivity index (χ1n) is 21.5. The van der Waals surface area contributed by atoms with E-state index in [9.17, 15) is 22.5 Å². The van der Waals surface area contributed by atoms with Gasteiger partial charge in [-0.2, -0.15) is 19.4 Å². The first kappa shape index (κ1) is 48.6. The number of carbonyl (C=O) groups excluding carboxylic acids is 1. The minimum Gasteiger partial charge on any atom is -0.465 e. The molecule has 0 aliphatic carbocycles. The number of nitrogens with zero attached hydrogens (tertiary/aromatic N) is 4. The Morgan fingerprint density at radius 1 is 0.867 bits per heavy atom. The number of methoxy groups -OCH3 is 1. The molecule has 3 atom stereocenters. The summed E-state index contributed by atoms with van der Waals surface area (Å²) in [6.45, 7) is 3.98. The zero-order chi connectivity index (χ0) is 43.2. The van der Waals surface area contributed by atoms with Crippen LogP contribution in [0.25, 0.3) is 11.2 Å². The van der Waals surface area contributed by atoms with Crippen molar-refractivity contribution in [2.75, 3.05) is 26.1 Å². The lowest BCUT2D eigenvalue weighted by atomic mass is 10.0. The number of anilines is 1. The second-order valence-electron chi connectivity index (χ2n) is 15.7. The molecule has 2 heterocycles. The number of hydrogen-bond donors (Lipinski definition) is 2. The standard InChI is InChI=1S/C44H64F3N6O6P/c1-4-5-6-7-8-9-10-11-12-13-14-15-16-17-18-22-27-57-42(54)38(30-34-28-35(45)31-36(46)29-34)52-60(55,59-37-23-20-19-21-24-37)58-32-44(2,56-3)25-26-53-33-49-39-40(48)50-43(47)51-41(39)53/h19-21,23-24,28-29,31,33,38H,4-18,22,25-27,30,32H2,1-3H3,(H,52,55)(H2,48,50,51)/t38-,44-,60?/m0/s1. The van der Waals surface area contributed by atoms with E-state index in [1.54, 1.807) is 41.8 Å². The van der Waals surface area contributed by atoms with Crippen LogP contribution in [0.15, 0.2) is 54.9 Å². The van der Waals surface area contributed by atoms with Crippen LogP contribution in [-0.4, -0.2) is 57.5 Å². The molecular weight excluding hydrogens is 796 g/mol. The molecule has 0 spiro atoms. The molecule has 1 unspecified atom stereocenters. The summed E-state index contributed by atoms with van der Waals surface area (Å²) < 4.78 is 82.1. The van der Waals surface area contributed by atoms with Gasteiger partial charge in [0.15, 0.2) is 11.5 Å². The van der Waals surface area contributed by atoms with Gasteiger partial charge in [0.25, 0.3) is 0 Å². The van der Waals surface area contributed by atoms with E-state index in [1.807, 2.05) is 0 Å². The molecule has 16 heteroatoms. The number of nitrogens with two attached hydrogens (primary N) is 1. The van der Waals surface area contributed by atoms with E-state index in [0.717, 1.165) is 37.5 Å². The van der Waals surface area contributed by atoms with E-state index in [1.165, 1.54) is 90.5 Å². The number of hydrogen-bond acceptors (Lipinski definition) is 10. The van der Waals surface area contributed by atoms with Gasteiger partial charge in [-0.05, 0) is 56.0 Å². The molecule has 4 aromatic rings. The van der Waals surface area contributed by atoms with Gasteiger partial charge in [0.2, 0.25) is 0 Å². The van der Waals surface area contributed by atoms with Crippen molar-refractivity contribution in [3.63, 3.8) is 0 Å². The molecule has 12 nitrogen and oxygen atoms in total. The molecule has 332 valence electrons. The van der Waals surface area contributed by atoms with Gasteiger partial charge >= 0.3 is 19.8 Å². The minimum absolute atomic E-state index is 0.0988. The average Bonchev–Trinajstić information content (AvgIpc) is 3.63. The number of esters is 1. The third-order valence-electron chi connectivity index (χ3n) is 10.5. The van der Waals surface area contributed by atoms with Crippen molar-refractivity contribution < 1.29 is 41.1 Å². The predicted octanol–water partition coefficient (Wildman–Crippen LogP) is 10.8. The lowest BCUT2D eigenvalue weighted by Gasteiger charge is -2.31. The Kier molecular flexibility index (Phi) is 20.8. The summed E-state index contributed by atoms with van der Waals surface area (Å²) in [5, 5.41) is 2.72. The Morgan fingerprint density at radius 2 is 1.45 bits per heavy atom. The fourth-order valence-electron chi connectivity index (χ4n) is 6.88. The van der Waals surface area contributed by atoms with Gasteiger partial charge in [-0.25, -0.2) is 18.3 Å². The lowest BCUT2D eigenvalue weighted by molar-refractivity contribution is -0.146. The largest absolute Gasteiger partial charge is 0.465 e. The topological polar surface area (TPSA) is 153 Å². The molecule has 4 rings (SSSR count). The van der Waals surface area contributed by atoms with E-state index in [2.05, 4.69) is 27.0 Å². The van der Waals surface area contributed by atoms with Crippen molar-refractivity contribution in [2.45, 2.75) is 148 Å². The number of aryl methyl sites for hydroxylation is 1. The van der Waals surface area contributed by atoms with Crippen LogP contribution in [0, 0.1) is 17.7 Å². The fraction of sp³-hybridized carbons (Fsp3) is 0.591. The highest BCUT2D eigenvalue weighted by molar-refractivity contribution is 7.52. The van der Waals surface area contributed by atoms with Crippen LogP contribution in [0.4, 0.5) is 19.0 Å². The molecule has 0 saturated heterocycles. The monoisotopic (exact) mass is 860 g/mol. The Morgan fingerprint density at radius 3 is 2.03 bits per heavy atom. The molecule has 0 bridgehead atoms. The van der Waals surface area contributed by atoms with Crippen LogP contribution in [-0.2, 0) is 36.3 Å². The van der Waals surface area contributed by atoms with Gasteiger partial charge < -0.3 is 24.3 Å². The number of fused-ring (bicyclic) bond motifs is 1. The summed E-state index contributed by atoms with van der Waals surface area (Å²) in [7, 11) is -3.01. The van der Waals surface area contributed by atoms with Crippen molar-refractivity contribution in [1.82, 2.24) is 24.6 Å². The normalized spacial score (nSPS) is 14.2. The number of unbranched alkanes of at least 4 members (excludes halogenated alkanes) is 15. The van der Waals surface area contributed by atoms with Gasteiger partial charge in [-0.15, -0.1) is 0 Å². The third-order valence-corrected chi connectivity index (χ3v) is 12.1. The van der Waals surface area contributed by atoms with Crippen molar-refractivity contribution in [3.8, 4) is 5.75 Å². The predicted molar refractivity (Wildman–Crippen MR) is 228 cm³/mol. The molecule has 0 aliphatic rings. The van der Waals surface area contributed by atoms with Crippen LogP contribution in [0.2, 0.25) is 0 Å². The van der Waals surface area contributed by atoms with E-state index < -0.39 is 43.1 Å². The van der Waals surface area contributed by atoms with E-state index >= 15 is 0 Å². The maximum atomic E-state index is 14.6. The summed E-state index contributed by atoms with van der Waals surface area (Å²) in [5.74, 6) is -2.37. The van der Waals surface area contributed by atoms with Crippen LogP contribution >= 0.6 is 7.75 Å². The maximum Gasteiger partial charge on any atom is 0.459 e. The molecule has 0 amide bonds. The number of rotatable bonds is 31. The number of nitrogens with one attached hydrogen (secondary N) is 1. The molecule has 2 aromatic heterocycles.